The Labute approximate surface area is 97.9 Å². The largest absolute Gasteiger partial charge is 0.501 e. The van der Waals surface area contributed by atoms with Gasteiger partial charge in [-0.25, -0.2) is 9.78 Å². The van der Waals surface area contributed by atoms with Gasteiger partial charge in [0.2, 0.25) is 5.75 Å². The van der Waals surface area contributed by atoms with E-state index in [1.165, 1.54) is 11.7 Å². The lowest BCUT2D eigenvalue weighted by molar-refractivity contribution is 0.0589. The third-order valence-electron chi connectivity index (χ3n) is 2.89. The van der Waals surface area contributed by atoms with Gasteiger partial charge in [0.15, 0.2) is 5.69 Å². The minimum atomic E-state index is -0.785. The maximum Gasteiger partial charge on any atom is 0.360 e. The summed E-state index contributed by atoms with van der Waals surface area (Å²) in [7, 11) is 1.19. The van der Waals surface area contributed by atoms with E-state index in [0.29, 0.717) is 18.8 Å². The lowest BCUT2D eigenvalue weighted by Crippen LogP contribution is -2.27. The molecule has 0 saturated carbocycles. The van der Waals surface area contributed by atoms with Gasteiger partial charge in [-0.15, -0.1) is 0 Å². The molecule has 0 unspecified atom stereocenters. The summed E-state index contributed by atoms with van der Waals surface area (Å²) in [6, 6.07) is 0. The van der Waals surface area contributed by atoms with Crippen LogP contribution in [0.15, 0.2) is 4.79 Å². The Balaban J connectivity index is 2.59. The number of ether oxygens (including phenoxy) is 1. The second kappa shape index (κ2) is 4.57. The molecule has 2 rings (SSSR count). The molecule has 0 bridgehead atoms. The van der Waals surface area contributed by atoms with E-state index in [4.69, 9.17) is 0 Å². The van der Waals surface area contributed by atoms with Gasteiger partial charge in [-0.05, 0) is 12.8 Å². The van der Waals surface area contributed by atoms with Gasteiger partial charge in [-0.1, -0.05) is 6.42 Å². The van der Waals surface area contributed by atoms with Crippen molar-refractivity contribution in [1.29, 1.82) is 0 Å². The molecule has 1 aromatic heterocycles. The Bertz CT molecular complexity index is 507. The van der Waals surface area contributed by atoms with Gasteiger partial charge in [0.05, 0.1) is 7.11 Å². The van der Waals surface area contributed by atoms with Gasteiger partial charge < -0.3 is 9.84 Å². The molecule has 92 valence electrons. The SMILES string of the molecule is COC(=O)c1nc2n(c(=O)c1O)CCCCC2. The second-order valence-corrected chi connectivity index (χ2v) is 3.98. The van der Waals surface area contributed by atoms with E-state index in [-0.39, 0.29) is 5.69 Å². The van der Waals surface area contributed by atoms with Crippen LogP contribution in [0.2, 0.25) is 0 Å². The predicted octanol–water partition coefficient (Wildman–Crippen LogP) is 0.462. The molecule has 0 spiro atoms. The number of esters is 1. The van der Waals surface area contributed by atoms with Gasteiger partial charge >= 0.3 is 5.97 Å². The smallest absolute Gasteiger partial charge is 0.360 e. The average molecular weight is 238 g/mol. The number of aryl methyl sites for hydroxylation is 1. The molecule has 6 heteroatoms. The van der Waals surface area contributed by atoms with Crippen LogP contribution in [0.5, 0.6) is 5.75 Å². The van der Waals surface area contributed by atoms with Crippen LogP contribution in [0.4, 0.5) is 0 Å². The van der Waals surface area contributed by atoms with Gasteiger partial charge in [0, 0.05) is 13.0 Å². The predicted molar refractivity (Wildman–Crippen MR) is 59.1 cm³/mol. The highest BCUT2D eigenvalue weighted by Gasteiger charge is 2.22. The van der Waals surface area contributed by atoms with Crippen molar-refractivity contribution in [3.8, 4) is 5.75 Å². The molecule has 1 N–H and O–H groups in total. The maximum absolute atomic E-state index is 11.9. The summed E-state index contributed by atoms with van der Waals surface area (Å²) in [5.74, 6) is -0.861. The van der Waals surface area contributed by atoms with E-state index >= 15 is 0 Å². The highest BCUT2D eigenvalue weighted by molar-refractivity contribution is 5.89. The molecule has 6 nitrogen and oxygen atoms in total. The number of carbonyl (C=O) groups excluding carboxylic acids is 1. The van der Waals surface area contributed by atoms with E-state index in [0.717, 1.165) is 19.3 Å². The number of hydrogen-bond acceptors (Lipinski definition) is 5. The number of aromatic nitrogens is 2. The van der Waals surface area contributed by atoms with Crippen molar-refractivity contribution in [2.75, 3.05) is 7.11 Å². The van der Waals surface area contributed by atoms with E-state index < -0.39 is 17.3 Å². The summed E-state index contributed by atoms with van der Waals surface area (Å²) in [5, 5.41) is 9.65. The summed E-state index contributed by atoms with van der Waals surface area (Å²) in [5.41, 5.74) is -0.844. The molecule has 2 heterocycles. The Hall–Kier alpha value is -1.85. The number of carbonyl (C=O) groups is 1. The van der Waals surface area contributed by atoms with E-state index in [9.17, 15) is 14.7 Å². The minimum Gasteiger partial charge on any atom is -0.501 e. The number of rotatable bonds is 1. The zero-order chi connectivity index (χ0) is 12.4. The highest BCUT2D eigenvalue weighted by atomic mass is 16.5. The summed E-state index contributed by atoms with van der Waals surface area (Å²) in [6.45, 7) is 0.538. The molecule has 0 atom stereocenters. The lowest BCUT2D eigenvalue weighted by atomic mass is 10.2. The van der Waals surface area contributed by atoms with E-state index in [1.807, 2.05) is 0 Å². The maximum atomic E-state index is 11.9. The fourth-order valence-electron chi connectivity index (χ4n) is 1.98. The van der Waals surface area contributed by atoms with Gasteiger partial charge in [0.1, 0.15) is 5.82 Å². The Kier molecular flexibility index (Phi) is 3.12. The quantitative estimate of drug-likeness (QED) is 0.719. The second-order valence-electron chi connectivity index (χ2n) is 3.98. The summed E-state index contributed by atoms with van der Waals surface area (Å²) in [4.78, 5) is 27.3. The minimum absolute atomic E-state index is 0.286. The Morgan fingerprint density at radius 2 is 2.18 bits per heavy atom. The molecule has 0 fully saturated rings. The van der Waals surface area contributed by atoms with E-state index in [2.05, 4.69) is 9.72 Å². The molecule has 1 aliphatic rings. The van der Waals surface area contributed by atoms with Gasteiger partial charge in [-0.3, -0.25) is 9.36 Å². The first kappa shape index (κ1) is 11.6. The molecule has 0 radical (unpaired) electrons. The van der Waals surface area contributed by atoms with Crippen LogP contribution in [-0.2, 0) is 17.7 Å². The van der Waals surface area contributed by atoms with Crippen LogP contribution in [0.3, 0.4) is 0 Å². The van der Waals surface area contributed by atoms with Crippen LogP contribution < -0.4 is 5.56 Å². The van der Waals surface area contributed by atoms with Crippen molar-refractivity contribution in [2.45, 2.75) is 32.2 Å². The van der Waals surface area contributed by atoms with Crippen molar-refractivity contribution in [3.05, 3.63) is 21.9 Å². The number of hydrogen-bond donors (Lipinski definition) is 1. The number of aromatic hydroxyl groups is 1. The summed E-state index contributed by atoms with van der Waals surface area (Å²) < 4.78 is 5.92. The van der Waals surface area contributed by atoms with Crippen molar-refractivity contribution in [3.63, 3.8) is 0 Å². The molecule has 1 aliphatic heterocycles. The zero-order valence-electron chi connectivity index (χ0n) is 9.60. The molecule has 0 saturated heterocycles. The number of fused-ring (bicyclic) bond motifs is 1. The summed E-state index contributed by atoms with van der Waals surface area (Å²) in [6.07, 6.45) is 3.46. The number of nitrogens with zero attached hydrogens (tertiary/aromatic N) is 2. The Morgan fingerprint density at radius 3 is 2.88 bits per heavy atom. The molecular formula is C11H14N2O4. The molecule has 0 amide bonds. The van der Waals surface area contributed by atoms with Gasteiger partial charge in [0.25, 0.3) is 5.56 Å². The monoisotopic (exact) mass is 238 g/mol. The standard InChI is InChI=1S/C11H14N2O4/c1-17-11(16)8-9(14)10(15)13-6-4-2-3-5-7(13)12-8/h14H,2-6H2,1H3. The topological polar surface area (TPSA) is 81.4 Å². The normalized spacial score (nSPS) is 14.9. The number of methoxy groups -OCH3 is 1. The lowest BCUT2D eigenvalue weighted by Gasteiger charge is -2.10. The van der Waals surface area contributed by atoms with Crippen LogP contribution in [-0.4, -0.2) is 27.7 Å². The molecule has 0 aliphatic carbocycles. The van der Waals surface area contributed by atoms with Crippen molar-refractivity contribution in [2.24, 2.45) is 0 Å². The van der Waals surface area contributed by atoms with Crippen molar-refractivity contribution >= 4 is 5.97 Å². The van der Waals surface area contributed by atoms with Gasteiger partial charge in [-0.2, -0.15) is 0 Å². The van der Waals surface area contributed by atoms with Crippen molar-refractivity contribution in [1.82, 2.24) is 9.55 Å². The van der Waals surface area contributed by atoms with Crippen LogP contribution in [0.1, 0.15) is 35.6 Å². The molecule has 1 aromatic rings. The molecule has 0 aromatic carbocycles. The first-order chi connectivity index (χ1) is 8.15. The fourth-order valence-corrected chi connectivity index (χ4v) is 1.98. The first-order valence-corrected chi connectivity index (χ1v) is 5.56. The average Bonchev–Trinajstić information content (AvgIpc) is 2.58. The fraction of sp³-hybridized carbons (Fsp3) is 0.545. The third-order valence-corrected chi connectivity index (χ3v) is 2.89. The molecular weight excluding hydrogens is 224 g/mol. The first-order valence-electron chi connectivity index (χ1n) is 5.56. The van der Waals surface area contributed by atoms with Crippen LogP contribution in [0.25, 0.3) is 0 Å². The molecule has 17 heavy (non-hydrogen) atoms. The third kappa shape index (κ3) is 2.02. The summed E-state index contributed by atoms with van der Waals surface area (Å²) >= 11 is 0. The zero-order valence-corrected chi connectivity index (χ0v) is 9.60. The highest BCUT2D eigenvalue weighted by Crippen LogP contribution is 2.16. The van der Waals surface area contributed by atoms with E-state index in [1.54, 1.807) is 0 Å². The Morgan fingerprint density at radius 1 is 1.41 bits per heavy atom. The van der Waals surface area contributed by atoms with Crippen LogP contribution in [0, 0.1) is 0 Å². The van der Waals surface area contributed by atoms with Crippen LogP contribution >= 0.6 is 0 Å². The van der Waals surface area contributed by atoms with Crippen molar-refractivity contribution < 1.29 is 14.6 Å².